The Morgan fingerprint density at radius 2 is 1.85 bits per heavy atom. The molecular weight excluding hydrogens is 414 g/mol. The molecule has 0 fully saturated rings. The number of hydrogen-bond acceptors (Lipinski definition) is 6. The number of ether oxygens (including phenoxy) is 1. The molecule has 136 valence electrons. The van der Waals surface area contributed by atoms with Crippen molar-refractivity contribution in [1.82, 2.24) is 20.6 Å². The average molecular weight is 428 g/mol. The number of aromatic nitrogens is 4. The van der Waals surface area contributed by atoms with Crippen LogP contribution in [0.15, 0.2) is 58.8 Å². The first-order valence-electron chi connectivity index (χ1n) is 8.00. The van der Waals surface area contributed by atoms with Crippen LogP contribution in [0.1, 0.15) is 17.2 Å². The van der Waals surface area contributed by atoms with E-state index in [-0.39, 0.29) is 11.7 Å². The molecule has 9 heteroatoms. The van der Waals surface area contributed by atoms with Crippen LogP contribution in [0.25, 0.3) is 5.57 Å². The van der Waals surface area contributed by atoms with Crippen molar-refractivity contribution in [2.45, 2.75) is 6.04 Å². The predicted molar refractivity (Wildman–Crippen MR) is 101 cm³/mol. The Balaban J connectivity index is 1.87. The minimum atomic E-state index is -0.600. The van der Waals surface area contributed by atoms with E-state index in [9.17, 15) is 9.90 Å². The lowest BCUT2D eigenvalue weighted by atomic mass is 9.93. The van der Waals surface area contributed by atoms with Crippen LogP contribution < -0.4 is 9.64 Å². The van der Waals surface area contributed by atoms with Crippen molar-refractivity contribution >= 4 is 33.4 Å². The van der Waals surface area contributed by atoms with Crippen molar-refractivity contribution in [3.8, 4) is 5.75 Å². The largest absolute Gasteiger partial charge is 0.503 e. The van der Waals surface area contributed by atoms with Crippen LogP contribution >= 0.6 is 15.9 Å². The number of methoxy groups -OCH3 is 1. The molecule has 27 heavy (non-hydrogen) atoms. The maximum absolute atomic E-state index is 12.8. The summed E-state index contributed by atoms with van der Waals surface area (Å²) in [6, 6.07) is 14.0. The number of amides is 1. The third kappa shape index (κ3) is 2.95. The van der Waals surface area contributed by atoms with Gasteiger partial charge in [-0.05, 0) is 40.6 Å². The van der Waals surface area contributed by atoms with Gasteiger partial charge in [0, 0.05) is 10.0 Å². The number of carbonyl (C=O) groups is 1. The van der Waals surface area contributed by atoms with Gasteiger partial charge in [0.25, 0.3) is 11.9 Å². The van der Waals surface area contributed by atoms with Gasteiger partial charge in [0.2, 0.25) is 0 Å². The van der Waals surface area contributed by atoms with Crippen molar-refractivity contribution in [3.63, 3.8) is 0 Å². The van der Waals surface area contributed by atoms with Crippen molar-refractivity contribution < 1.29 is 14.6 Å². The van der Waals surface area contributed by atoms with Crippen LogP contribution in [0.4, 0.5) is 5.95 Å². The number of carbonyl (C=O) groups excluding carboxylic acids is 1. The molecule has 4 rings (SSSR count). The Hall–Kier alpha value is -3.20. The molecule has 0 saturated heterocycles. The highest BCUT2D eigenvalue weighted by atomic mass is 79.9. The van der Waals surface area contributed by atoms with E-state index in [2.05, 4.69) is 36.6 Å². The fraction of sp³-hybridized carbons (Fsp3) is 0.111. The highest BCUT2D eigenvalue weighted by Gasteiger charge is 2.43. The maximum atomic E-state index is 12.8. The Morgan fingerprint density at radius 3 is 2.44 bits per heavy atom. The molecule has 2 N–H and O–H groups in total. The molecule has 1 aliphatic rings. The minimum Gasteiger partial charge on any atom is -0.503 e. The third-order valence-electron chi connectivity index (χ3n) is 4.34. The summed E-state index contributed by atoms with van der Waals surface area (Å²) in [6.07, 6.45) is 0. The summed E-state index contributed by atoms with van der Waals surface area (Å²) in [7, 11) is 1.58. The summed E-state index contributed by atoms with van der Waals surface area (Å²) < 4.78 is 6.09. The summed E-state index contributed by atoms with van der Waals surface area (Å²) in [4.78, 5) is 14.1. The van der Waals surface area contributed by atoms with Gasteiger partial charge in [0.05, 0.1) is 13.2 Å². The molecular formula is C18H14BrN5O3. The molecule has 3 aromatic rings. The number of benzene rings is 2. The topological polar surface area (TPSA) is 104 Å². The molecule has 8 nitrogen and oxygen atoms in total. The van der Waals surface area contributed by atoms with Crippen LogP contribution in [-0.2, 0) is 4.79 Å². The molecule has 0 radical (unpaired) electrons. The number of nitrogens with zero attached hydrogens (tertiary/aromatic N) is 4. The number of aliphatic hydroxyl groups is 1. The highest BCUT2D eigenvalue weighted by Crippen LogP contribution is 2.44. The van der Waals surface area contributed by atoms with Gasteiger partial charge in [0.15, 0.2) is 5.76 Å². The lowest BCUT2D eigenvalue weighted by Gasteiger charge is -2.24. The smallest absolute Gasteiger partial charge is 0.296 e. The summed E-state index contributed by atoms with van der Waals surface area (Å²) in [5, 5.41) is 24.4. The molecule has 0 bridgehead atoms. The molecule has 1 unspecified atom stereocenters. The number of rotatable bonds is 4. The quantitative estimate of drug-likeness (QED) is 0.662. The molecule has 1 amide bonds. The van der Waals surface area contributed by atoms with Crippen LogP contribution in [0.3, 0.4) is 0 Å². The number of aliphatic hydroxyl groups excluding tert-OH is 1. The van der Waals surface area contributed by atoms with Gasteiger partial charge in [-0.2, -0.15) is 5.21 Å². The zero-order valence-corrected chi connectivity index (χ0v) is 15.7. The molecule has 1 atom stereocenters. The molecule has 1 aromatic heterocycles. The van der Waals surface area contributed by atoms with E-state index in [1.165, 1.54) is 4.90 Å². The first-order valence-corrected chi connectivity index (χ1v) is 8.79. The second-order valence-corrected chi connectivity index (χ2v) is 6.75. The number of H-pyrrole nitrogens is 1. The molecule has 2 heterocycles. The van der Waals surface area contributed by atoms with Gasteiger partial charge in [-0.15, -0.1) is 5.10 Å². The van der Waals surface area contributed by atoms with Gasteiger partial charge in [0.1, 0.15) is 5.75 Å². The van der Waals surface area contributed by atoms with E-state index < -0.39 is 11.9 Å². The lowest BCUT2D eigenvalue weighted by molar-refractivity contribution is -0.117. The molecule has 0 aliphatic carbocycles. The van der Waals surface area contributed by atoms with Crippen molar-refractivity contribution in [1.29, 1.82) is 0 Å². The average Bonchev–Trinajstić information content (AvgIpc) is 3.30. The summed E-state index contributed by atoms with van der Waals surface area (Å²) in [5.41, 5.74) is 1.96. The van der Waals surface area contributed by atoms with E-state index >= 15 is 0 Å². The minimum absolute atomic E-state index is 0.0861. The van der Waals surface area contributed by atoms with Crippen molar-refractivity contribution in [2.24, 2.45) is 0 Å². The fourth-order valence-electron chi connectivity index (χ4n) is 3.10. The van der Waals surface area contributed by atoms with Crippen LogP contribution in [0.5, 0.6) is 5.75 Å². The van der Waals surface area contributed by atoms with Gasteiger partial charge in [-0.25, -0.2) is 0 Å². The number of anilines is 1. The summed E-state index contributed by atoms with van der Waals surface area (Å²) in [5.74, 6) is -0.172. The Labute approximate surface area is 162 Å². The normalized spacial score (nSPS) is 16.9. The Bertz CT molecular complexity index is 1000. The van der Waals surface area contributed by atoms with Gasteiger partial charge in [-0.3, -0.25) is 9.69 Å². The predicted octanol–water partition coefficient (Wildman–Crippen LogP) is 3.03. The summed E-state index contributed by atoms with van der Waals surface area (Å²) in [6.45, 7) is 0. The van der Waals surface area contributed by atoms with E-state index in [0.29, 0.717) is 16.9 Å². The lowest BCUT2D eigenvalue weighted by Crippen LogP contribution is -2.31. The first kappa shape index (κ1) is 17.2. The SMILES string of the molecule is COc1ccc(C2=C(O)C(=O)N(c3nn[nH]n3)C2c2ccc(Br)cc2)cc1. The van der Waals surface area contributed by atoms with Gasteiger partial charge in [-0.1, -0.05) is 45.3 Å². The standard InChI is InChI=1S/C18H14BrN5O3/c1-27-13-8-4-10(5-9-13)14-15(11-2-6-12(19)7-3-11)24(17(26)16(14)25)18-20-22-23-21-18/h2-9,15,25H,1H3,(H,20,21,22,23). The maximum Gasteiger partial charge on any atom is 0.296 e. The van der Waals surface area contributed by atoms with Crippen LogP contribution in [-0.4, -0.2) is 38.7 Å². The van der Waals surface area contributed by atoms with Gasteiger partial charge < -0.3 is 9.84 Å². The monoisotopic (exact) mass is 427 g/mol. The zero-order chi connectivity index (χ0) is 19.0. The van der Waals surface area contributed by atoms with E-state index in [4.69, 9.17) is 4.74 Å². The number of tetrazole rings is 1. The molecule has 0 spiro atoms. The number of halogens is 1. The Morgan fingerprint density at radius 1 is 1.15 bits per heavy atom. The van der Waals surface area contributed by atoms with Crippen molar-refractivity contribution in [2.75, 3.05) is 12.0 Å². The molecule has 0 saturated carbocycles. The van der Waals surface area contributed by atoms with E-state index in [1.54, 1.807) is 31.4 Å². The number of hydrogen-bond donors (Lipinski definition) is 2. The van der Waals surface area contributed by atoms with E-state index in [0.717, 1.165) is 10.0 Å². The second kappa shape index (κ2) is 6.84. The van der Waals surface area contributed by atoms with Crippen LogP contribution in [0.2, 0.25) is 0 Å². The van der Waals surface area contributed by atoms with Gasteiger partial charge >= 0.3 is 0 Å². The fourth-order valence-corrected chi connectivity index (χ4v) is 3.36. The molecule has 1 aliphatic heterocycles. The Kier molecular flexibility index (Phi) is 4.36. The van der Waals surface area contributed by atoms with Crippen molar-refractivity contribution in [3.05, 3.63) is 69.9 Å². The third-order valence-corrected chi connectivity index (χ3v) is 4.87. The number of aromatic amines is 1. The zero-order valence-electron chi connectivity index (χ0n) is 14.1. The highest BCUT2D eigenvalue weighted by molar-refractivity contribution is 9.10. The van der Waals surface area contributed by atoms with Crippen LogP contribution in [0, 0.1) is 0 Å². The second-order valence-electron chi connectivity index (χ2n) is 5.83. The number of nitrogens with one attached hydrogen (secondary N) is 1. The first-order chi connectivity index (χ1) is 13.1. The molecule has 2 aromatic carbocycles. The van der Waals surface area contributed by atoms with E-state index in [1.807, 2.05) is 24.3 Å². The summed E-state index contributed by atoms with van der Waals surface area (Å²) >= 11 is 3.41.